The maximum Gasteiger partial charge on any atom is 0.314 e. The van der Waals surface area contributed by atoms with Crippen LogP contribution in [0.5, 0.6) is 17.2 Å². The number of aryl methyl sites for hydroxylation is 1. The second kappa shape index (κ2) is 7.07. The number of nitro groups is 1. The number of methoxy groups -OCH3 is 1. The molecule has 1 aromatic heterocycles. The van der Waals surface area contributed by atoms with Crippen LogP contribution >= 0.6 is 0 Å². The summed E-state index contributed by atoms with van der Waals surface area (Å²) in [7, 11) is 2.82. The number of aromatic nitrogens is 1. The number of allylic oxidation sites excluding steroid dienone is 1. The van der Waals surface area contributed by atoms with Gasteiger partial charge in [-0.2, -0.15) is 5.26 Å². The Bertz CT molecular complexity index is 1400. The van der Waals surface area contributed by atoms with Crippen molar-refractivity contribution < 1.29 is 19.5 Å². The van der Waals surface area contributed by atoms with E-state index in [1.807, 2.05) is 6.07 Å². The van der Waals surface area contributed by atoms with Crippen molar-refractivity contribution in [2.24, 2.45) is 12.8 Å². The summed E-state index contributed by atoms with van der Waals surface area (Å²) in [5.41, 5.74) is 5.73. The molecule has 0 fully saturated rings. The van der Waals surface area contributed by atoms with Crippen LogP contribution in [0.1, 0.15) is 17.0 Å². The number of nitriles is 1. The van der Waals surface area contributed by atoms with Gasteiger partial charge >= 0.3 is 5.69 Å². The molecule has 156 valence electrons. The van der Waals surface area contributed by atoms with Gasteiger partial charge in [0, 0.05) is 18.5 Å². The largest absolute Gasteiger partial charge is 0.500 e. The maximum atomic E-state index is 13.3. The molecule has 0 amide bonds. The number of hydrogen-bond donors (Lipinski definition) is 2. The van der Waals surface area contributed by atoms with Crippen molar-refractivity contribution in [2.75, 3.05) is 7.11 Å². The quantitative estimate of drug-likeness (QED) is 0.483. The molecule has 0 aliphatic carbocycles. The van der Waals surface area contributed by atoms with Gasteiger partial charge in [0.2, 0.25) is 11.6 Å². The standard InChI is InChI=1S/C21H16N4O6/c1-24-13-6-4-3-5-11(13)19-17(21(24)27)16(12(9-22)20(23)31-19)10-7-14(25(28)29)18(26)15(8-10)30-2/h3-8,16,26H,23H2,1-2H3/t16-/m1/s1. The Morgan fingerprint density at radius 1 is 1.35 bits per heavy atom. The van der Waals surface area contributed by atoms with E-state index in [-0.39, 0.29) is 34.1 Å². The monoisotopic (exact) mass is 420 g/mol. The van der Waals surface area contributed by atoms with Gasteiger partial charge in [-0.1, -0.05) is 12.1 Å². The highest BCUT2D eigenvalue weighted by Gasteiger charge is 2.37. The predicted octanol–water partition coefficient (Wildman–Crippen LogP) is 2.38. The van der Waals surface area contributed by atoms with Crippen molar-refractivity contribution in [3.63, 3.8) is 0 Å². The lowest BCUT2D eigenvalue weighted by Crippen LogP contribution is -2.31. The molecule has 0 spiro atoms. The molecule has 3 aromatic rings. The van der Waals surface area contributed by atoms with Crippen LogP contribution in [0, 0.1) is 21.4 Å². The first-order chi connectivity index (χ1) is 14.8. The van der Waals surface area contributed by atoms with Crippen LogP contribution in [0.25, 0.3) is 10.9 Å². The third-order valence-corrected chi connectivity index (χ3v) is 5.29. The molecule has 0 unspecified atom stereocenters. The van der Waals surface area contributed by atoms with E-state index in [9.17, 15) is 25.3 Å². The highest BCUT2D eigenvalue weighted by molar-refractivity contribution is 5.88. The van der Waals surface area contributed by atoms with Crippen LogP contribution in [-0.2, 0) is 7.05 Å². The topological polar surface area (TPSA) is 154 Å². The number of fused-ring (bicyclic) bond motifs is 3. The van der Waals surface area contributed by atoms with E-state index in [1.165, 1.54) is 17.7 Å². The summed E-state index contributed by atoms with van der Waals surface area (Å²) < 4.78 is 12.2. The minimum absolute atomic E-state index is 0.0816. The van der Waals surface area contributed by atoms with Crippen LogP contribution in [0.15, 0.2) is 52.6 Å². The summed E-state index contributed by atoms with van der Waals surface area (Å²) in [5.74, 6) is -1.94. The van der Waals surface area contributed by atoms with Gasteiger partial charge in [0.1, 0.15) is 17.4 Å². The maximum absolute atomic E-state index is 13.3. The van der Waals surface area contributed by atoms with Gasteiger partial charge in [-0.15, -0.1) is 0 Å². The number of nitro benzene ring substituents is 1. The highest BCUT2D eigenvalue weighted by Crippen LogP contribution is 2.47. The number of nitrogens with two attached hydrogens (primary N) is 1. The molecule has 0 saturated carbocycles. The van der Waals surface area contributed by atoms with Gasteiger partial charge in [-0.05, 0) is 23.8 Å². The lowest BCUT2D eigenvalue weighted by atomic mass is 9.83. The number of aromatic hydroxyl groups is 1. The molecule has 3 N–H and O–H groups in total. The van der Waals surface area contributed by atoms with E-state index in [0.717, 1.165) is 6.07 Å². The molecule has 10 nitrogen and oxygen atoms in total. The Labute approximate surface area is 175 Å². The Kier molecular flexibility index (Phi) is 4.51. The number of phenolic OH excluding ortho intramolecular Hbond substituents is 1. The van der Waals surface area contributed by atoms with Crippen molar-refractivity contribution in [1.29, 1.82) is 5.26 Å². The van der Waals surface area contributed by atoms with Crippen LogP contribution in [0.2, 0.25) is 0 Å². The Balaban J connectivity index is 2.14. The molecule has 0 saturated heterocycles. The van der Waals surface area contributed by atoms with Crippen LogP contribution in [0.3, 0.4) is 0 Å². The van der Waals surface area contributed by atoms with Crippen LogP contribution < -0.4 is 20.8 Å². The Hall–Kier alpha value is -4.52. The summed E-state index contributed by atoms with van der Waals surface area (Å²) in [6.07, 6.45) is 0. The minimum Gasteiger partial charge on any atom is -0.500 e. The first kappa shape index (κ1) is 19.8. The molecule has 2 aromatic carbocycles. The number of hydrogen-bond acceptors (Lipinski definition) is 8. The number of rotatable bonds is 3. The summed E-state index contributed by atoms with van der Waals surface area (Å²) in [6, 6.07) is 11.4. The SMILES string of the molecule is COc1cc([C@@H]2C(C#N)=C(N)Oc3c2c(=O)n(C)c2ccccc32)cc([N+](=O)[O-])c1O. The Morgan fingerprint density at radius 3 is 2.71 bits per heavy atom. The number of ether oxygens (including phenoxy) is 2. The number of benzene rings is 2. The van der Waals surface area contributed by atoms with E-state index >= 15 is 0 Å². The number of phenols is 1. The fraction of sp³-hybridized carbons (Fsp3) is 0.143. The lowest BCUT2D eigenvalue weighted by Gasteiger charge is -2.27. The van der Waals surface area contributed by atoms with Gasteiger partial charge < -0.3 is 24.9 Å². The first-order valence-electron chi connectivity index (χ1n) is 9.04. The van der Waals surface area contributed by atoms with Gasteiger partial charge in [0.25, 0.3) is 5.56 Å². The number of para-hydroxylation sites is 1. The van der Waals surface area contributed by atoms with E-state index in [2.05, 4.69) is 0 Å². The molecular formula is C21H16N4O6. The zero-order chi connectivity index (χ0) is 22.4. The smallest absolute Gasteiger partial charge is 0.314 e. The molecule has 2 heterocycles. The fourth-order valence-electron chi connectivity index (χ4n) is 3.83. The summed E-state index contributed by atoms with van der Waals surface area (Å²) in [6.45, 7) is 0. The fourth-order valence-corrected chi connectivity index (χ4v) is 3.83. The molecule has 1 aliphatic rings. The highest BCUT2D eigenvalue weighted by atomic mass is 16.6. The second-order valence-corrected chi connectivity index (χ2v) is 6.90. The zero-order valence-electron chi connectivity index (χ0n) is 16.4. The van der Waals surface area contributed by atoms with Gasteiger partial charge in [-0.3, -0.25) is 14.9 Å². The summed E-state index contributed by atoms with van der Waals surface area (Å²) in [5, 5.41) is 32.0. The average molecular weight is 420 g/mol. The van der Waals surface area contributed by atoms with Gasteiger partial charge in [0.15, 0.2) is 5.75 Å². The number of nitrogens with zero attached hydrogens (tertiary/aromatic N) is 3. The molecule has 0 radical (unpaired) electrons. The molecule has 1 atom stereocenters. The van der Waals surface area contributed by atoms with Gasteiger partial charge in [0.05, 0.1) is 29.0 Å². The second-order valence-electron chi connectivity index (χ2n) is 6.90. The van der Waals surface area contributed by atoms with Crippen molar-refractivity contribution in [3.05, 3.63) is 79.4 Å². The Morgan fingerprint density at radius 2 is 2.06 bits per heavy atom. The molecule has 10 heteroatoms. The minimum atomic E-state index is -1.06. The normalized spacial score (nSPS) is 15.2. The van der Waals surface area contributed by atoms with E-state index < -0.39 is 27.8 Å². The van der Waals surface area contributed by atoms with E-state index in [0.29, 0.717) is 10.9 Å². The summed E-state index contributed by atoms with van der Waals surface area (Å²) >= 11 is 0. The average Bonchev–Trinajstić information content (AvgIpc) is 2.76. The first-order valence-corrected chi connectivity index (χ1v) is 9.04. The van der Waals surface area contributed by atoms with E-state index in [4.69, 9.17) is 15.2 Å². The molecular weight excluding hydrogens is 404 g/mol. The molecule has 0 bridgehead atoms. The van der Waals surface area contributed by atoms with Crippen molar-refractivity contribution in [2.45, 2.75) is 5.92 Å². The summed E-state index contributed by atoms with van der Waals surface area (Å²) in [4.78, 5) is 24.0. The third-order valence-electron chi connectivity index (χ3n) is 5.29. The van der Waals surface area contributed by atoms with Crippen molar-refractivity contribution in [1.82, 2.24) is 4.57 Å². The van der Waals surface area contributed by atoms with Crippen LogP contribution in [-0.4, -0.2) is 21.7 Å². The number of pyridine rings is 1. The van der Waals surface area contributed by atoms with Crippen molar-refractivity contribution in [3.8, 4) is 23.3 Å². The molecule has 4 rings (SSSR count). The zero-order valence-corrected chi connectivity index (χ0v) is 16.4. The van der Waals surface area contributed by atoms with Crippen LogP contribution in [0.4, 0.5) is 5.69 Å². The van der Waals surface area contributed by atoms with Crippen molar-refractivity contribution >= 4 is 16.6 Å². The predicted molar refractivity (Wildman–Crippen MR) is 110 cm³/mol. The third kappa shape index (κ3) is 2.83. The molecule has 31 heavy (non-hydrogen) atoms. The van der Waals surface area contributed by atoms with E-state index in [1.54, 1.807) is 31.3 Å². The lowest BCUT2D eigenvalue weighted by molar-refractivity contribution is -0.386. The van der Waals surface area contributed by atoms with Gasteiger partial charge in [-0.25, -0.2) is 0 Å². The molecule has 1 aliphatic heterocycles.